The largest absolute Gasteiger partial charge is 0.240 e. The van der Waals surface area contributed by atoms with Crippen LogP contribution in [-0.2, 0) is 22.0 Å². The molecule has 2 aromatic carbocycles. The second kappa shape index (κ2) is 6.27. The minimum absolute atomic E-state index is 0.00326. The smallest absolute Gasteiger partial charge is 0.240 e. The van der Waals surface area contributed by atoms with Gasteiger partial charge in [0.15, 0.2) is 0 Å². The molecule has 1 aromatic heterocycles. The van der Waals surface area contributed by atoms with Gasteiger partial charge in [-0.3, -0.25) is 0 Å². The molecule has 0 aliphatic rings. The van der Waals surface area contributed by atoms with E-state index in [1.807, 2.05) is 36.4 Å². The number of hydrogen-bond acceptors (Lipinski definition) is 4. The minimum Gasteiger partial charge on any atom is -0.240 e. The summed E-state index contributed by atoms with van der Waals surface area (Å²) in [5, 5.41) is 0.756. The summed E-state index contributed by atoms with van der Waals surface area (Å²) in [4.78, 5) is 4.72. The van der Waals surface area contributed by atoms with Crippen molar-refractivity contribution in [2.45, 2.75) is 37.6 Å². The third kappa shape index (κ3) is 3.66. The summed E-state index contributed by atoms with van der Waals surface area (Å²) in [6.07, 6.45) is 0. The first kappa shape index (κ1) is 17.1. The number of aromatic nitrogens is 1. The molecule has 3 rings (SSSR count). The topological polar surface area (TPSA) is 59.1 Å². The number of sulfonamides is 1. The monoisotopic (exact) mass is 360 g/mol. The van der Waals surface area contributed by atoms with Crippen LogP contribution in [0.4, 0.5) is 0 Å². The number of nitrogens with one attached hydrogen (secondary N) is 1. The molecule has 0 fully saturated rings. The van der Waals surface area contributed by atoms with E-state index in [1.165, 1.54) is 11.3 Å². The lowest BCUT2D eigenvalue weighted by molar-refractivity contribution is 0.578. The summed E-state index contributed by atoms with van der Waals surface area (Å²) in [6, 6.07) is 14.8. The van der Waals surface area contributed by atoms with Gasteiger partial charge in [-0.15, -0.1) is 11.3 Å². The molecule has 0 bridgehead atoms. The van der Waals surface area contributed by atoms with Gasteiger partial charge in [-0.2, -0.15) is 0 Å². The Balaban J connectivity index is 1.76. The molecule has 3 aromatic rings. The van der Waals surface area contributed by atoms with E-state index in [9.17, 15) is 8.42 Å². The van der Waals surface area contributed by atoms with E-state index in [-0.39, 0.29) is 16.9 Å². The van der Waals surface area contributed by atoms with Gasteiger partial charge in [0.1, 0.15) is 5.01 Å². The Morgan fingerprint density at radius 2 is 1.71 bits per heavy atom. The van der Waals surface area contributed by atoms with Gasteiger partial charge in [-0.05, 0) is 35.2 Å². The second-order valence-corrected chi connectivity index (χ2v) is 9.56. The number of hydrogen-bond donors (Lipinski definition) is 1. The summed E-state index contributed by atoms with van der Waals surface area (Å²) in [7, 11) is -3.54. The van der Waals surface area contributed by atoms with Crippen LogP contribution in [0.5, 0.6) is 0 Å². The van der Waals surface area contributed by atoms with E-state index >= 15 is 0 Å². The van der Waals surface area contributed by atoms with Crippen molar-refractivity contribution >= 4 is 31.6 Å². The molecular weight excluding hydrogens is 340 g/mol. The lowest BCUT2D eigenvalue weighted by Crippen LogP contribution is -2.23. The highest BCUT2D eigenvalue weighted by atomic mass is 32.2. The molecule has 0 atom stereocenters. The van der Waals surface area contributed by atoms with Crippen LogP contribution in [0.3, 0.4) is 0 Å². The summed E-state index contributed by atoms with van der Waals surface area (Å²) in [5.74, 6) is 0. The zero-order valence-electron chi connectivity index (χ0n) is 13.9. The van der Waals surface area contributed by atoms with Gasteiger partial charge in [0.2, 0.25) is 10.0 Å². The highest BCUT2D eigenvalue weighted by Gasteiger charge is 2.18. The molecule has 0 aliphatic carbocycles. The van der Waals surface area contributed by atoms with E-state index in [0.717, 1.165) is 20.8 Å². The average molecular weight is 361 g/mol. The van der Waals surface area contributed by atoms with Crippen LogP contribution >= 0.6 is 11.3 Å². The summed E-state index contributed by atoms with van der Waals surface area (Å²) >= 11 is 1.50. The van der Waals surface area contributed by atoms with E-state index in [1.54, 1.807) is 12.1 Å². The molecule has 0 radical (unpaired) electrons. The third-order valence-corrected chi connectivity index (χ3v) is 6.24. The van der Waals surface area contributed by atoms with Gasteiger partial charge in [0.25, 0.3) is 0 Å². The summed E-state index contributed by atoms with van der Waals surface area (Å²) in [5.41, 5.74) is 2.00. The van der Waals surface area contributed by atoms with Crippen LogP contribution in [0.2, 0.25) is 0 Å². The fourth-order valence-electron chi connectivity index (χ4n) is 2.37. The van der Waals surface area contributed by atoms with Gasteiger partial charge < -0.3 is 0 Å². The first-order chi connectivity index (χ1) is 11.3. The van der Waals surface area contributed by atoms with E-state index in [2.05, 4.69) is 30.5 Å². The van der Waals surface area contributed by atoms with Crippen molar-refractivity contribution < 1.29 is 8.42 Å². The second-order valence-electron chi connectivity index (χ2n) is 6.67. The molecule has 0 saturated carbocycles. The van der Waals surface area contributed by atoms with Crippen LogP contribution in [0.1, 0.15) is 31.3 Å². The van der Waals surface area contributed by atoms with Crippen LogP contribution in [0.15, 0.2) is 53.4 Å². The molecule has 0 saturated heterocycles. The van der Waals surface area contributed by atoms with Crippen molar-refractivity contribution in [1.29, 1.82) is 0 Å². The Morgan fingerprint density at radius 3 is 2.33 bits per heavy atom. The average Bonchev–Trinajstić information content (AvgIpc) is 2.95. The van der Waals surface area contributed by atoms with Gasteiger partial charge >= 0.3 is 0 Å². The summed E-state index contributed by atoms with van der Waals surface area (Å²) in [6.45, 7) is 6.49. The van der Waals surface area contributed by atoms with Crippen LogP contribution < -0.4 is 4.72 Å². The SMILES string of the molecule is CC(C)(C)c1ccc(S(=O)(=O)NCc2nc3ccccc3s2)cc1. The Hall–Kier alpha value is -1.76. The number of nitrogens with zero attached hydrogens (tertiary/aromatic N) is 1. The highest BCUT2D eigenvalue weighted by molar-refractivity contribution is 7.89. The number of fused-ring (bicyclic) bond motifs is 1. The first-order valence-corrected chi connectivity index (χ1v) is 10.0. The van der Waals surface area contributed by atoms with Gasteiger partial charge in [0.05, 0.1) is 21.7 Å². The minimum atomic E-state index is -3.54. The molecular formula is C18H20N2O2S2. The Morgan fingerprint density at radius 1 is 1.04 bits per heavy atom. The first-order valence-electron chi connectivity index (χ1n) is 7.70. The Labute approximate surface area is 146 Å². The van der Waals surface area contributed by atoms with Crippen molar-refractivity contribution in [3.05, 3.63) is 59.1 Å². The fraction of sp³-hybridized carbons (Fsp3) is 0.278. The molecule has 0 aliphatic heterocycles. The van der Waals surface area contributed by atoms with Crippen molar-refractivity contribution in [2.75, 3.05) is 0 Å². The van der Waals surface area contributed by atoms with Crippen LogP contribution in [-0.4, -0.2) is 13.4 Å². The predicted molar refractivity (Wildman–Crippen MR) is 98.8 cm³/mol. The summed E-state index contributed by atoms with van der Waals surface area (Å²) < 4.78 is 28.6. The fourth-order valence-corrected chi connectivity index (χ4v) is 4.36. The molecule has 0 spiro atoms. The molecule has 24 heavy (non-hydrogen) atoms. The van der Waals surface area contributed by atoms with E-state index in [4.69, 9.17) is 0 Å². The number of benzene rings is 2. The maximum absolute atomic E-state index is 12.4. The quantitative estimate of drug-likeness (QED) is 0.763. The maximum atomic E-state index is 12.4. The van der Waals surface area contributed by atoms with Gasteiger partial charge in [-0.1, -0.05) is 45.0 Å². The Kier molecular flexibility index (Phi) is 4.46. The van der Waals surface area contributed by atoms with Crippen molar-refractivity contribution in [3.8, 4) is 0 Å². The number of rotatable bonds is 4. The zero-order valence-corrected chi connectivity index (χ0v) is 15.5. The predicted octanol–water partition coefficient (Wildman–Crippen LogP) is 4.07. The normalized spacial score (nSPS) is 12.6. The zero-order chi connectivity index (χ0) is 17.4. The molecule has 4 nitrogen and oxygen atoms in total. The van der Waals surface area contributed by atoms with E-state index < -0.39 is 10.0 Å². The highest BCUT2D eigenvalue weighted by Crippen LogP contribution is 2.24. The van der Waals surface area contributed by atoms with Gasteiger partial charge in [-0.25, -0.2) is 18.1 Å². The van der Waals surface area contributed by atoms with Crippen molar-refractivity contribution in [1.82, 2.24) is 9.71 Å². The molecule has 126 valence electrons. The lowest BCUT2D eigenvalue weighted by Gasteiger charge is -2.19. The standard InChI is InChI=1S/C18H20N2O2S2/c1-18(2,3)13-8-10-14(11-9-13)24(21,22)19-12-17-20-15-6-4-5-7-16(15)23-17/h4-11,19H,12H2,1-3H3. The molecule has 6 heteroatoms. The number of para-hydroxylation sites is 1. The lowest BCUT2D eigenvalue weighted by atomic mass is 9.87. The van der Waals surface area contributed by atoms with Crippen molar-refractivity contribution in [2.24, 2.45) is 0 Å². The van der Waals surface area contributed by atoms with Crippen LogP contribution in [0, 0.1) is 0 Å². The van der Waals surface area contributed by atoms with Gasteiger partial charge in [0, 0.05) is 0 Å². The van der Waals surface area contributed by atoms with Crippen molar-refractivity contribution in [3.63, 3.8) is 0 Å². The third-order valence-electron chi connectivity index (χ3n) is 3.78. The number of thiazole rings is 1. The van der Waals surface area contributed by atoms with Crippen LogP contribution in [0.25, 0.3) is 10.2 Å². The maximum Gasteiger partial charge on any atom is 0.240 e. The molecule has 0 amide bonds. The molecule has 1 heterocycles. The molecule has 1 N–H and O–H groups in total. The Bertz CT molecular complexity index is 920. The molecule has 0 unspecified atom stereocenters. The van der Waals surface area contributed by atoms with E-state index in [0.29, 0.717) is 0 Å².